The Kier molecular flexibility index (Phi) is 5.87. The Morgan fingerprint density at radius 2 is 2.33 bits per heavy atom. The highest BCUT2D eigenvalue weighted by atomic mass is 32.2. The fourth-order valence-electron chi connectivity index (χ4n) is 2.62. The molecule has 1 aliphatic heterocycles. The van der Waals surface area contributed by atoms with Crippen LogP contribution >= 0.6 is 11.8 Å². The van der Waals surface area contributed by atoms with Crippen molar-refractivity contribution < 1.29 is 14.3 Å². The van der Waals surface area contributed by atoms with Crippen LogP contribution in [0, 0.1) is 5.82 Å². The summed E-state index contributed by atoms with van der Waals surface area (Å²) < 4.78 is 13.3. The molecule has 2 amide bonds. The van der Waals surface area contributed by atoms with Crippen LogP contribution in [0.3, 0.4) is 0 Å². The van der Waals surface area contributed by atoms with Gasteiger partial charge in [-0.2, -0.15) is 11.8 Å². The molecule has 0 bridgehead atoms. The number of urea groups is 1. The number of aliphatic hydroxyl groups is 1. The number of thioether (sulfide) groups is 1. The van der Waals surface area contributed by atoms with E-state index in [1.54, 1.807) is 22.7 Å². The molecule has 1 fully saturated rings. The summed E-state index contributed by atoms with van der Waals surface area (Å²) in [5.41, 5.74) is 1.83. The number of aliphatic hydroxyl groups excluding tert-OH is 1. The normalized spacial score (nSPS) is 18.0. The molecule has 2 N–H and O–H groups in total. The molecule has 0 unspecified atom stereocenters. The van der Waals surface area contributed by atoms with Gasteiger partial charge in [-0.3, -0.25) is 0 Å². The molecule has 1 aromatic rings. The number of nitrogens with one attached hydrogen (secondary N) is 1. The first-order valence-corrected chi connectivity index (χ1v) is 8.46. The molecule has 0 aliphatic carbocycles. The Morgan fingerprint density at radius 3 is 3.05 bits per heavy atom. The van der Waals surface area contributed by atoms with Crippen LogP contribution in [0.15, 0.2) is 18.2 Å². The third kappa shape index (κ3) is 4.11. The van der Waals surface area contributed by atoms with Gasteiger partial charge in [0.05, 0.1) is 12.6 Å². The molecule has 0 radical (unpaired) electrons. The zero-order valence-corrected chi connectivity index (χ0v) is 13.0. The summed E-state index contributed by atoms with van der Waals surface area (Å²) in [6.07, 6.45) is 3.73. The first kappa shape index (κ1) is 16.1. The summed E-state index contributed by atoms with van der Waals surface area (Å²) in [6.45, 7) is 1.06. The summed E-state index contributed by atoms with van der Waals surface area (Å²) in [4.78, 5) is 13.8. The Balaban J connectivity index is 1.97. The molecule has 116 valence electrons. The maximum atomic E-state index is 13.3. The zero-order valence-electron chi connectivity index (χ0n) is 12.1. The quantitative estimate of drug-likeness (QED) is 0.877. The Bertz CT molecular complexity index is 499. The van der Waals surface area contributed by atoms with Gasteiger partial charge in [0.15, 0.2) is 0 Å². The molecule has 1 saturated heterocycles. The number of likely N-dealkylation sites (tertiary alicyclic amines) is 1. The highest BCUT2D eigenvalue weighted by molar-refractivity contribution is 7.97. The van der Waals surface area contributed by atoms with Gasteiger partial charge in [-0.15, -0.1) is 0 Å². The summed E-state index contributed by atoms with van der Waals surface area (Å²) in [5.74, 6) is 0.459. The van der Waals surface area contributed by atoms with Crippen LogP contribution in [0.1, 0.15) is 24.0 Å². The molecular formula is C15H21FN2O2S. The van der Waals surface area contributed by atoms with Crippen LogP contribution in [0.2, 0.25) is 0 Å². The predicted molar refractivity (Wildman–Crippen MR) is 82.7 cm³/mol. The molecule has 4 nitrogen and oxygen atoms in total. The maximum absolute atomic E-state index is 13.3. The molecule has 0 aromatic heterocycles. The standard InChI is InChI=1S/C15H21FN2O2S/c1-21-10-12-7-13(16)5-4-11(12)8-17-15(20)18-6-2-3-14(18)9-19/h4-5,7,14,19H,2-3,6,8-10H2,1H3,(H,17,20)/t14-/m0/s1. The molecule has 2 rings (SSSR count). The predicted octanol–water partition coefficient (Wildman–Crippen LogP) is 2.36. The molecule has 1 aliphatic rings. The number of nitrogens with zero attached hydrogens (tertiary/aromatic N) is 1. The van der Waals surface area contributed by atoms with Crippen molar-refractivity contribution in [3.8, 4) is 0 Å². The number of amides is 2. The van der Waals surface area contributed by atoms with Crippen molar-refractivity contribution in [1.82, 2.24) is 10.2 Å². The second-order valence-electron chi connectivity index (χ2n) is 5.18. The van der Waals surface area contributed by atoms with Crippen molar-refractivity contribution >= 4 is 17.8 Å². The van der Waals surface area contributed by atoms with Gasteiger partial charge < -0.3 is 15.3 Å². The van der Waals surface area contributed by atoms with Crippen LogP contribution in [0.5, 0.6) is 0 Å². The maximum Gasteiger partial charge on any atom is 0.317 e. The number of carbonyl (C=O) groups is 1. The third-order valence-corrected chi connectivity index (χ3v) is 4.35. The van der Waals surface area contributed by atoms with Crippen LogP contribution in [-0.2, 0) is 12.3 Å². The van der Waals surface area contributed by atoms with E-state index >= 15 is 0 Å². The third-order valence-electron chi connectivity index (χ3n) is 3.75. The topological polar surface area (TPSA) is 52.6 Å². The minimum absolute atomic E-state index is 0.00168. The summed E-state index contributed by atoms with van der Waals surface area (Å²) >= 11 is 1.62. The largest absolute Gasteiger partial charge is 0.394 e. The molecule has 0 saturated carbocycles. The SMILES string of the molecule is CSCc1cc(F)ccc1CNC(=O)N1CCC[C@H]1CO. The van der Waals surface area contributed by atoms with E-state index in [1.807, 2.05) is 6.26 Å². The lowest BCUT2D eigenvalue weighted by molar-refractivity contribution is 0.157. The molecule has 0 spiro atoms. The van der Waals surface area contributed by atoms with Gasteiger partial charge in [-0.1, -0.05) is 6.07 Å². The van der Waals surface area contributed by atoms with Gasteiger partial charge in [0, 0.05) is 18.8 Å². The Labute approximate surface area is 128 Å². The number of benzene rings is 1. The number of hydrogen-bond acceptors (Lipinski definition) is 3. The molecule has 21 heavy (non-hydrogen) atoms. The zero-order chi connectivity index (χ0) is 15.2. The van der Waals surface area contributed by atoms with Crippen molar-refractivity contribution in [2.24, 2.45) is 0 Å². The number of carbonyl (C=O) groups excluding carboxylic acids is 1. The van der Waals surface area contributed by atoms with Crippen molar-refractivity contribution in [2.75, 3.05) is 19.4 Å². The molecule has 1 heterocycles. The van der Waals surface area contributed by atoms with E-state index in [0.717, 1.165) is 24.0 Å². The fraction of sp³-hybridized carbons (Fsp3) is 0.533. The molecular weight excluding hydrogens is 291 g/mol. The van der Waals surface area contributed by atoms with Crippen molar-refractivity contribution in [2.45, 2.75) is 31.2 Å². The monoisotopic (exact) mass is 312 g/mol. The summed E-state index contributed by atoms with van der Waals surface area (Å²) in [6, 6.07) is 4.41. The van der Waals surface area contributed by atoms with E-state index in [4.69, 9.17) is 0 Å². The van der Waals surface area contributed by atoms with Gasteiger partial charge >= 0.3 is 6.03 Å². The minimum atomic E-state index is -0.256. The van der Waals surface area contributed by atoms with E-state index in [-0.39, 0.29) is 24.5 Å². The lowest BCUT2D eigenvalue weighted by Gasteiger charge is -2.23. The first-order chi connectivity index (χ1) is 10.2. The van der Waals surface area contributed by atoms with Crippen LogP contribution in [-0.4, -0.2) is 41.5 Å². The number of halogens is 1. The van der Waals surface area contributed by atoms with E-state index in [2.05, 4.69) is 5.32 Å². The Morgan fingerprint density at radius 1 is 1.52 bits per heavy atom. The van der Waals surface area contributed by atoms with E-state index in [0.29, 0.717) is 18.8 Å². The van der Waals surface area contributed by atoms with E-state index in [1.165, 1.54) is 12.1 Å². The van der Waals surface area contributed by atoms with E-state index < -0.39 is 0 Å². The number of rotatable bonds is 5. The average Bonchev–Trinajstić information content (AvgIpc) is 2.95. The molecule has 6 heteroatoms. The van der Waals surface area contributed by atoms with Gasteiger partial charge in [0.25, 0.3) is 0 Å². The average molecular weight is 312 g/mol. The van der Waals surface area contributed by atoms with Gasteiger partial charge in [-0.05, 0) is 42.4 Å². The lowest BCUT2D eigenvalue weighted by Crippen LogP contribution is -2.43. The highest BCUT2D eigenvalue weighted by Crippen LogP contribution is 2.18. The van der Waals surface area contributed by atoms with Crippen LogP contribution in [0.25, 0.3) is 0 Å². The van der Waals surface area contributed by atoms with Crippen molar-refractivity contribution in [1.29, 1.82) is 0 Å². The van der Waals surface area contributed by atoms with Crippen LogP contribution in [0.4, 0.5) is 9.18 Å². The Hall–Kier alpha value is -1.27. The summed E-state index contributed by atoms with van der Waals surface area (Å²) in [5, 5.41) is 12.1. The van der Waals surface area contributed by atoms with Crippen molar-refractivity contribution in [3.63, 3.8) is 0 Å². The second-order valence-corrected chi connectivity index (χ2v) is 6.04. The van der Waals surface area contributed by atoms with Gasteiger partial charge in [0.1, 0.15) is 5.82 Å². The fourth-order valence-corrected chi connectivity index (χ4v) is 3.20. The minimum Gasteiger partial charge on any atom is -0.394 e. The highest BCUT2D eigenvalue weighted by Gasteiger charge is 2.27. The molecule has 1 aromatic carbocycles. The lowest BCUT2D eigenvalue weighted by atomic mass is 10.1. The van der Waals surface area contributed by atoms with Gasteiger partial charge in [-0.25, -0.2) is 9.18 Å². The van der Waals surface area contributed by atoms with Gasteiger partial charge in [0.2, 0.25) is 0 Å². The number of hydrogen-bond donors (Lipinski definition) is 2. The van der Waals surface area contributed by atoms with Crippen LogP contribution < -0.4 is 5.32 Å². The van der Waals surface area contributed by atoms with Crippen molar-refractivity contribution in [3.05, 3.63) is 35.1 Å². The first-order valence-electron chi connectivity index (χ1n) is 7.07. The van der Waals surface area contributed by atoms with E-state index in [9.17, 15) is 14.3 Å². The second kappa shape index (κ2) is 7.66. The molecule has 1 atom stereocenters. The smallest absolute Gasteiger partial charge is 0.317 e. The summed E-state index contributed by atoms with van der Waals surface area (Å²) in [7, 11) is 0.